The first kappa shape index (κ1) is 15.1. The molecule has 2 aromatic rings. The molecule has 1 unspecified atom stereocenters. The molecular formula is C18H18N2O3. The van der Waals surface area contributed by atoms with Gasteiger partial charge in [0.05, 0.1) is 11.0 Å². The van der Waals surface area contributed by atoms with E-state index in [1.54, 1.807) is 6.07 Å². The molecule has 3 rings (SSSR count). The Balaban J connectivity index is 2.24. The molecule has 5 nitrogen and oxygen atoms in total. The van der Waals surface area contributed by atoms with Crippen LogP contribution in [0.15, 0.2) is 42.5 Å². The molecule has 0 spiro atoms. The van der Waals surface area contributed by atoms with Gasteiger partial charge in [-0.3, -0.25) is 9.59 Å². The molecule has 0 saturated carbocycles. The molecule has 1 aliphatic heterocycles. The molecule has 5 heteroatoms. The van der Waals surface area contributed by atoms with E-state index in [0.29, 0.717) is 23.5 Å². The maximum atomic E-state index is 12.2. The lowest BCUT2D eigenvalue weighted by molar-refractivity contribution is 0.0959. The van der Waals surface area contributed by atoms with Gasteiger partial charge in [-0.05, 0) is 24.6 Å². The van der Waals surface area contributed by atoms with E-state index in [1.807, 2.05) is 37.3 Å². The highest BCUT2D eigenvalue weighted by atomic mass is 16.5. The SMILES string of the molecule is CNC(=O)c1cc(C(N)=O)cc2c1OCC2(C)c1ccccc1. The molecule has 118 valence electrons. The molecule has 1 aliphatic rings. The van der Waals surface area contributed by atoms with Crippen LogP contribution in [0.1, 0.15) is 38.8 Å². The zero-order valence-electron chi connectivity index (χ0n) is 13.1. The number of benzene rings is 2. The molecule has 1 heterocycles. The molecule has 0 aromatic heterocycles. The van der Waals surface area contributed by atoms with Gasteiger partial charge in [0.2, 0.25) is 5.91 Å². The average Bonchev–Trinajstić information content (AvgIpc) is 2.92. The van der Waals surface area contributed by atoms with Gasteiger partial charge in [0.1, 0.15) is 12.4 Å². The molecule has 0 fully saturated rings. The summed E-state index contributed by atoms with van der Waals surface area (Å²) in [5.74, 6) is -0.359. The van der Waals surface area contributed by atoms with Crippen molar-refractivity contribution in [1.82, 2.24) is 5.32 Å². The van der Waals surface area contributed by atoms with Gasteiger partial charge in [0.15, 0.2) is 0 Å². The zero-order chi connectivity index (χ0) is 16.6. The Bertz CT molecular complexity index is 786. The fourth-order valence-corrected chi connectivity index (χ4v) is 2.98. The van der Waals surface area contributed by atoms with Crippen molar-refractivity contribution in [3.8, 4) is 5.75 Å². The van der Waals surface area contributed by atoms with Crippen molar-refractivity contribution < 1.29 is 14.3 Å². The smallest absolute Gasteiger partial charge is 0.254 e. The minimum Gasteiger partial charge on any atom is -0.491 e. The standard InChI is InChI=1S/C18H18N2O3/c1-18(12-6-4-3-5-7-12)10-23-15-13(17(22)20-2)8-11(16(19)21)9-14(15)18/h3-9H,10H2,1-2H3,(H2,19,21)(H,20,22). The van der Waals surface area contributed by atoms with Crippen LogP contribution in [0.4, 0.5) is 0 Å². The summed E-state index contributed by atoms with van der Waals surface area (Å²) in [5.41, 5.74) is 7.49. The van der Waals surface area contributed by atoms with E-state index in [-0.39, 0.29) is 5.91 Å². The number of carbonyl (C=O) groups excluding carboxylic acids is 2. The van der Waals surface area contributed by atoms with Gasteiger partial charge in [-0.2, -0.15) is 0 Å². The maximum Gasteiger partial charge on any atom is 0.254 e. The van der Waals surface area contributed by atoms with Crippen molar-refractivity contribution in [2.24, 2.45) is 5.73 Å². The van der Waals surface area contributed by atoms with Gasteiger partial charge in [-0.15, -0.1) is 0 Å². The summed E-state index contributed by atoms with van der Waals surface area (Å²) < 4.78 is 5.84. The normalized spacial score (nSPS) is 18.9. The van der Waals surface area contributed by atoms with E-state index in [4.69, 9.17) is 10.5 Å². The fourth-order valence-electron chi connectivity index (χ4n) is 2.98. The minimum absolute atomic E-state index is 0.301. The Hall–Kier alpha value is -2.82. The molecule has 2 aromatic carbocycles. The number of hydrogen-bond donors (Lipinski definition) is 2. The van der Waals surface area contributed by atoms with Crippen molar-refractivity contribution in [3.63, 3.8) is 0 Å². The van der Waals surface area contributed by atoms with Crippen LogP contribution < -0.4 is 15.8 Å². The molecule has 0 bridgehead atoms. The summed E-state index contributed by atoms with van der Waals surface area (Å²) in [6.45, 7) is 2.44. The van der Waals surface area contributed by atoms with E-state index >= 15 is 0 Å². The minimum atomic E-state index is -0.569. The summed E-state index contributed by atoms with van der Waals surface area (Å²) in [5, 5.41) is 2.57. The monoisotopic (exact) mass is 310 g/mol. The second kappa shape index (κ2) is 5.43. The lowest BCUT2D eigenvalue weighted by Gasteiger charge is -2.23. The van der Waals surface area contributed by atoms with Gasteiger partial charge in [0.25, 0.3) is 5.91 Å². The van der Waals surface area contributed by atoms with Crippen molar-refractivity contribution in [3.05, 3.63) is 64.7 Å². The summed E-state index contributed by atoms with van der Waals surface area (Å²) in [4.78, 5) is 23.8. The van der Waals surface area contributed by atoms with Gasteiger partial charge in [0, 0.05) is 18.2 Å². The van der Waals surface area contributed by atoms with Gasteiger partial charge < -0.3 is 15.8 Å². The number of nitrogens with two attached hydrogens (primary N) is 1. The lowest BCUT2D eigenvalue weighted by Crippen LogP contribution is -2.26. The highest BCUT2D eigenvalue weighted by Gasteiger charge is 2.40. The Morgan fingerprint density at radius 3 is 2.52 bits per heavy atom. The second-order valence-electron chi connectivity index (χ2n) is 5.83. The third-order valence-electron chi connectivity index (χ3n) is 4.36. The van der Waals surface area contributed by atoms with Crippen LogP contribution in [0, 0.1) is 0 Å². The number of fused-ring (bicyclic) bond motifs is 1. The predicted octanol–water partition coefficient (Wildman–Crippen LogP) is 1.84. The zero-order valence-corrected chi connectivity index (χ0v) is 13.1. The van der Waals surface area contributed by atoms with E-state index in [1.165, 1.54) is 13.1 Å². The van der Waals surface area contributed by atoms with Crippen LogP contribution in [-0.4, -0.2) is 25.5 Å². The third kappa shape index (κ3) is 2.34. The van der Waals surface area contributed by atoms with Crippen LogP contribution in [0.5, 0.6) is 5.75 Å². The molecule has 0 aliphatic carbocycles. The number of primary amides is 1. The number of rotatable bonds is 3. The van der Waals surface area contributed by atoms with E-state index < -0.39 is 11.3 Å². The molecular weight excluding hydrogens is 292 g/mol. The Labute approximate surface area is 134 Å². The van der Waals surface area contributed by atoms with Crippen molar-refractivity contribution >= 4 is 11.8 Å². The highest BCUT2D eigenvalue weighted by Crippen LogP contribution is 2.45. The Morgan fingerprint density at radius 1 is 1.22 bits per heavy atom. The van der Waals surface area contributed by atoms with Gasteiger partial charge in [-0.1, -0.05) is 30.3 Å². The summed E-state index contributed by atoms with van der Waals surface area (Å²) >= 11 is 0. The quantitative estimate of drug-likeness (QED) is 0.907. The van der Waals surface area contributed by atoms with Crippen molar-refractivity contribution in [2.75, 3.05) is 13.7 Å². The first-order valence-corrected chi connectivity index (χ1v) is 7.36. The first-order valence-electron chi connectivity index (χ1n) is 7.36. The fraction of sp³-hybridized carbons (Fsp3) is 0.222. The molecule has 2 amide bonds. The molecule has 1 atom stereocenters. The van der Waals surface area contributed by atoms with E-state index in [0.717, 1.165) is 11.1 Å². The van der Waals surface area contributed by atoms with Crippen molar-refractivity contribution in [2.45, 2.75) is 12.3 Å². The molecule has 3 N–H and O–H groups in total. The number of nitrogens with one attached hydrogen (secondary N) is 1. The van der Waals surface area contributed by atoms with E-state index in [9.17, 15) is 9.59 Å². The summed E-state index contributed by atoms with van der Waals surface area (Å²) in [7, 11) is 1.54. The Kier molecular flexibility index (Phi) is 3.56. The highest BCUT2D eigenvalue weighted by molar-refractivity contribution is 6.02. The number of amides is 2. The van der Waals surface area contributed by atoms with E-state index in [2.05, 4.69) is 5.32 Å². The third-order valence-corrected chi connectivity index (χ3v) is 4.36. The second-order valence-corrected chi connectivity index (χ2v) is 5.83. The maximum absolute atomic E-state index is 12.2. The first-order chi connectivity index (χ1) is 11.0. The van der Waals surface area contributed by atoms with Crippen LogP contribution >= 0.6 is 0 Å². The number of ether oxygens (including phenoxy) is 1. The topological polar surface area (TPSA) is 81.4 Å². The lowest BCUT2D eigenvalue weighted by atomic mass is 9.77. The van der Waals surface area contributed by atoms with Gasteiger partial charge in [-0.25, -0.2) is 0 Å². The molecule has 0 saturated heterocycles. The van der Waals surface area contributed by atoms with Crippen LogP contribution in [-0.2, 0) is 5.41 Å². The summed E-state index contributed by atoms with van der Waals surface area (Å²) in [6.07, 6.45) is 0. The summed E-state index contributed by atoms with van der Waals surface area (Å²) in [6, 6.07) is 13.1. The van der Waals surface area contributed by atoms with Crippen LogP contribution in [0.2, 0.25) is 0 Å². The average molecular weight is 310 g/mol. The van der Waals surface area contributed by atoms with Gasteiger partial charge >= 0.3 is 0 Å². The predicted molar refractivity (Wildman–Crippen MR) is 86.7 cm³/mol. The van der Waals surface area contributed by atoms with Crippen LogP contribution in [0.3, 0.4) is 0 Å². The molecule has 0 radical (unpaired) electrons. The van der Waals surface area contributed by atoms with Crippen molar-refractivity contribution in [1.29, 1.82) is 0 Å². The largest absolute Gasteiger partial charge is 0.491 e. The molecule has 23 heavy (non-hydrogen) atoms. The number of carbonyl (C=O) groups is 2. The van der Waals surface area contributed by atoms with Crippen LogP contribution in [0.25, 0.3) is 0 Å². The Morgan fingerprint density at radius 2 is 1.91 bits per heavy atom. The number of hydrogen-bond acceptors (Lipinski definition) is 3.